The van der Waals surface area contributed by atoms with Gasteiger partial charge in [0.15, 0.2) is 0 Å². The molecule has 2 aliphatic rings. The molecule has 2 aliphatic heterocycles. The predicted octanol–water partition coefficient (Wildman–Crippen LogP) is 1.85. The Morgan fingerprint density at radius 1 is 1.22 bits per heavy atom. The van der Waals surface area contributed by atoms with Gasteiger partial charge in [-0.3, -0.25) is 9.59 Å². The van der Waals surface area contributed by atoms with Crippen molar-refractivity contribution in [2.45, 2.75) is 32.0 Å². The summed E-state index contributed by atoms with van der Waals surface area (Å²) in [6.45, 7) is 2.02. The normalized spacial score (nSPS) is 23.6. The van der Waals surface area contributed by atoms with E-state index in [0.717, 1.165) is 18.2 Å². The Hall–Kier alpha value is -3.27. The summed E-state index contributed by atoms with van der Waals surface area (Å²) in [5.41, 5.74) is -0.158. The first-order chi connectivity index (χ1) is 15.4. The van der Waals surface area contributed by atoms with E-state index < -0.39 is 41.6 Å². The zero-order chi connectivity index (χ0) is 23.0. The minimum Gasteiger partial charge on any atom is -0.396 e. The summed E-state index contributed by atoms with van der Waals surface area (Å²) in [6, 6.07) is 5.02. The number of urea groups is 1. The number of carbonyl (C=O) groups is 2. The third kappa shape index (κ3) is 3.64. The van der Waals surface area contributed by atoms with E-state index in [4.69, 9.17) is 0 Å². The van der Waals surface area contributed by atoms with Crippen LogP contribution in [0.4, 0.5) is 19.3 Å². The first-order valence-electron chi connectivity index (χ1n) is 10.5. The van der Waals surface area contributed by atoms with Crippen LogP contribution >= 0.6 is 0 Å². The number of amides is 3. The third-order valence-corrected chi connectivity index (χ3v) is 6.18. The minimum atomic E-state index is -0.853. The number of nitrogens with one attached hydrogen (secondary N) is 2. The third-order valence-electron chi connectivity index (χ3n) is 6.18. The zero-order valence-corrected chi connectivity index (χ0v) is 17.4. The van der Waals surface area contributed by atoms with Crippen molar-refractivity contribution in [1.29, 1.82) is 0 Å². The number of rotatable bonds is 5. The maximum absolute atomic E-state index is 14.1. The van der Waals surface area contributed by atoms with Crippen LogP contribution in [-0.2, 0) is 11.3 Å². The van der Waals surface area contributed by atoms with Gasteiger partial charge in [-0.05, 0) is 24.6 Å². The number of halogens is 2. The van der Waals surface area contributed by atoms with E-state index in [1.165, 1.54) is 15.5 Å². The Morgan fingerprint density at radius 3 is 2.72 bits per heavy atom. The van der Waals surface area contributed by atoms with Gasteiger partial charge in [-0.1, -0.05) is 13.0 Å². The van der Waals surface area contributed by atoms with Crippen LogP contribution in [0, 0.1) is 23.5 Å². The van der Waals surface area contributed by atoms with Gasteiger partial charge in [0.1, 0.15) is 11.6 Å². The number of anilines is 1. The van der Waals surface area contributed by atoms with Crippen molar-refractivity contribution >= 4 is 17.6 Å². The Bertz CT molecular complexity index is 1110. The lowest BCUT2D eigenvalue weighted by molar-refractivity contribution is -0.127. The second-order valence-corrected chi connectivity index (χ2v) is 8.04. The minimum absolute atomic E-state index is 0.0767. The molecule has 0 radical (unpaired) electrons. The monoisotopic (exact) mass is 446 g/mol. The number of aliphatic hydroxyl groups is 1. The van der Waals surface area contributed by atoms with Crippen LogP contribution in [-0.4, -0.2) is 45.7 Å². The summed E-state index contributed by atoms with van der Waals surface area (Å²) in [5, 5.41) is 15.3. The number of aliphatic hydroxyl groups excluding tert-OH is 1. The van der Waals surface area contributed by atoms with Gasteiger partial charge >= 0.3 is 6.03 Å². The number of pyridine rings is 1. The quantitative estimate of drug-likeness (QED) is 0.652. The maximum Gasteiger partial charge on any atom is 0.322 e. The van der Waals surface area contributed by atoms with Crippen LogP contribution in [0.25, 0.3) is 0 Å². The SMILES string of the molecule is CCCNC(=O)[C@@H]1[C@@H](CO)[C@@H]2Cn3c(cccc3=O)[C@H]1N2C(=O)Nc1cc(F)ccc1F. The van der Waals surface area contributed by atoms with E-state index in [0.29, 0.717) is 18.7 Å². The number of nitrogens with zero attached hydrogens (tertiary/aromatic N) is 2. The highest BCUT2D eigenvalue weighted by Crippen LogP contribution is 2.48. The standard InChI is InChI=1S/C22H24F2N4O4/c1-2-8-25-21(31)19-13(11-29)17-10-27-16(4-3-5-18(27)30)20(19)28(17)22(32)26-15-9-12(23)6-7-14(15)24/h3-7,9,13,17,19-20,29H,2,8,10-11H2,1H3,(H,25,31)(H,26,32)/t13-,17-,19+,20+/m0/s1. The Balaban J connectivity index is 1.76. The van der Waals surface area contributed by atoms with Crippen LogP contribution in [0.5, 0.6) is 0 Å². The summed E-state index contributed by atoms with van der Waals surface area (Å²) >= 11 is 0. The largest absolute Gasteiger partial charge is 0.396 e. The van der Waals surface area contributed by atoms with Crippen LogP contribution < -0.4 is 16.2 Å². The number of aromatic nitrogens is 1. The van der Waals surface area contributed by atoms with Crippen molar-refractivity contribution in [2.24, 2.45) is 11.8 Å². The Kier molecular flexibility index (Phi) is 5.96. The smallest absolute Gasteiger partial charge is 0.322 e. The summed E-state index contributed by atoms with van der Waals surface area (Å²) in [5.74, 6) is -3.31. The molecule has 0 saturated carbocycles. The molecule has 2 bridgehead atoms. The number of hydrogen-bond donors (Lipinski definition) is 3. The van der Waals surface area contributed by atoms with Crippen LogP contribution in [0.3, 0.4) is 0 Å². The van der Waals surface area contributed by atoms with Gasteiger partial charge in [0, 0.05) is 43.4 Å². The molecule has 32 heavy (non-hydrogen) atoms. The molecule has 170 valence electrons. The van der Waals surface area contributed by atoms with Crippen molar-refractivity contribution in [3.63, 3.8) is 0 Å². The average molecular weight is 446 g/mol. The van der Waals surface area contributed by atoms with Crippen molar-refractivity contribution < 1.29 is 23.5 Å². The highest BCUT2D eigenvalue weighted by atomic mass is 19.1. The molecule has 0 spiro atoms. The molecule has 1 saturated heterocycles. The van der Waals surface area contributed by atoms with Gasteiger partial charge in [0.25, 0.3) is 5.56 Å². The lowest BCUT2D eigenvalue weighted by Gasteiger charge is -2.38. The average Bonchev–Trinajstić information content (AvgIpc) is 3.02. The topological polar surface area (TPSA) is 104 Å². The molecule has 3 N–H and O–H groups in total. The first-order valence-corrected chi connectivity index (χ1v) is 10.5. The zero-order valence-electron chi connectivity index (χ0n) is 17.4. The molecule has 1 fully saturated rings. The molecule has 8 nitrogen and oxygen atoms in total. The van der Waals surface area contributed by atoms with Crippen molar-refractivity contribution in [3.8, 4) is 0 Å². The van der Waals surface area contributed by atoms with Gasteiger partial charge in [0.2, 0.25) is 5.91 Å². The fourth-order valence-electron chi connectivity index (χ4n) is 4.77. The molecular formula is C22H24F2N4O4. The molecule has 3 heterocycles. The number of hydrogen-bond acceptors (Lipinski definition) is 4. The summed E-state index contributed by atoms with van der Waals surface area (Å²) in [6.07, 6.45) is 0.704. The molecule has 4 rings (SSSR count). The van der Waals surface area contributed by atoms with Crippen molar-refractivity contribution in [3.05, 3.63) is 64.1 Å². The lowest BCUT2D eigenvalue weighted by Crippen LogP contribution is -2.50. The molecule has 10 heteroatoms. The van der Waals surface area contributed by atoms with Crippen LogP contribution in [0.15, 0.2) is 41.2 Å². The predicted molar refractivity (Wildman–Crippen MR) is 112 cm³/mol. The second kappa shape index (κ2) is 8.70. The maximum atomic E-state index is 14.1. The van der Waals surface area contributed by atoms with E-state index in [-0.39, 0.29) is 30.3 Å². The van der Waals surface area contributed by atoms with E-state index in [2.05, 4.69) is 10.6 Å². The molecule has 1 aromatic heterocycles. The van der Waals surface area contributed by atoms with Gasteiger partial charge in [-0.25, -0.2) is 13.6 Å². The van der Waals surface area contributed by atoms with E-state index >= 15 is 0 Å². The molecule has 1 aromatic carbocycles. The fraction of sp³-hybridized carbons (Fsp3) is 0.409. The fourth-order valence-corrected chi connectivity index (χ4v) is 4.77. The molecule has 4 atom stereocenters. The van der Waals surface area contributed by atoms with Gasteiger partial charge < -0.3 is 25.2 Å². The van der Waals surface area contributed by atoms with Crippen LogP contribution in [0.1, 0.15) is 25.1 Å². The highest BCUT2D eigenvalue weighted by Gasteiger charge is 2.57. The van der Waals surface area contributed by atoms with E-state index in [1.54, 1.807) is 12.1 Å². The summed E-state index contributed by atoms with van der Waals surface area (Å²) in [4.78, 5) is 40.2. The van der Waals surface area contributed by atoms with Gasteiger partial charge in [-0.15, -0.1) is 0 Å². The second-order valence-electron chi connectivity index (χ2n) is 8.04. The molecular weight excluding hydrogens is 422 g/mol. The molecule has 3 amide bonds. The Labute approximate surface area is 182 Å². The van der Waals surface area contributed by atoms with Crippen molar-refractivity contribution in [1.82, 2.24) is 14.8 Å². The van der Waals surface area contributed by atoms with E-state index in [1.807, 2.05) is 6.92 Å². The highest BCUT2D eigenvalue weighted by molar-refractivity contribution is 5.92. The molecule has 0 aliphatic carbocycles. The summed E-state index contributed by atoms with van der Waals surface area (Å²) < 4.78 is 29.2. The van der Waals surface area contributed by atoms with Gasteiger partial charge in [0.05, 0.1) is 23.7 Å². The summed E-state index contributed by atoms with van der Waals surface area (Å²) in [7, 11) is 0. The first kappa shape index (κ1) is 21.9. The van der Waals surface area contributed by atoms with Crippen LogP contribution in [0.2, 0.25) is 0 Å². The van der Waals surface area contributed by atoms with Gasteiger partial charge in [-0.2, -0.15) is 0 Å². The number of carbonyl (C=O) groups excluding carboxylic acids is 2. The van der Waals surface area contributed by atoms with E-state index in [9.17, 15) is 28.3 Å². The molecule has 0 unspecified atom stereocenters. The Morgan fingerprint density at radius 2 is 2.00 bits per heavy atom. The number of benzene rings is 1. The molecule has 2 aromatic rings. The number of fused-ring (bicyclic) bond motifs is 4. The lowest BCUT2D eigenvalue weighted by atomic mass is 9.86. The van der Waals surface area contributed by atoms with Crippen molar-refractivity contribution in [2.75, 3.05) is 18.5 Å².